The van der Waals surface area contributed by atoms with Crippen molar-refractivity contribution in [3.63, 3.8) is 0 Å². The van der Waals surface area contributed by atoms with Crippen LogP contribution in [0.5, 0.6) is 57.5 Å². The summed E-state index contributed by atoms with van der Waals surface area (Å²) < 4.78 is 79.2. The Morgan fingerprint density at radius 2 is 0.333 bits per heavy atom. The summed E-state index contributed by atoms with van der Waals surface area (Å²) in [4.78, 5) is 102. The predicted octanol–water partition coefficient (Wildman–Crippen LogP) is 22.2. The maximum atomic E-state index is 11.7. The van der Waals surface area contributed by atoms with Gasteiger partial charge in [0.15, 0.2) is 88.4 Å². The molecule has 10 rings (SSSR count). The normalized spacial score (nSPS) is 11.8. The highest BCUT2D eigenvalue weighted by atomic mass is 16.6. The van der Waals surface area contributed by atoms with Crippen molar-refractivity contribution >= 4 is 29.8 Å². The van der Waals surface area contributed by atoms with Crippen LogP contribution in [0.4, 0.5) is 0 Å². The predicted molar refractivity (Wildman–Crippen MR) is 519 cm³/mol. The van der Waals surface area contributed by atoms with Crippen molar-refractivity contribution in [1.29, 1.82) is 0 Å². The van der Waals surface area contributed by atoms with E-state index in [0.717, 1.165) is 72.8 Å². The van der Waals surface area contributed by atoms with Crippen LogP contribution in [0.2, 0.25) is 0 Å². The molecule has 10 aromatic rings. The summed E-state index contributed by atoms with van der Waals surface area (Å²) in [6.45, 7) is 22.6. The van der Waals surface area contributed by atoms with E-state index in [-0.39, 0.29) is 0 Å². The first-order chi connectivity index (χ1) is 65.7. The van der Waals surface area contributed by atoms with Crippen LogP contribution >= 0.6 is 0 Å². The van der Waals surface area contributed by atoms with Crippen LogP contribution in [0.25, 0.3) is 56.9 Å². The molecule has 730 valence electrons. The van der Waals surface area contributed by atoms with E-state index in [2.05, 4.69) is 84.5 Å². The van der Waals surface area contributed by atoms with Gasteiger partial charge in [0.2, 0.25) is 0 Å². The van der Waals surface area contributed by atoms with Gasteiger partial charge in [-0.3, -0.25) is 0 Å². The fourth-order valence-electron chi connectivity index (χ4n) is 12.0. The molecule has 30 heteroatoms. The topological polar surface area (TPSA) is 353 Å². The molecule has 0 saturated heterocycles. The molecule has 0 aliphatic carbocycles. The average molecular weight is 1860 g/mol. The first-order valence-corrected chi connectivity index (χ1v) is 47.2. The number of aromatic nitrogens is 10. The molecule has 0 radical (unpaired) electrons. The molecule has 0 spiro atoms. The number of benzene rings is 5. The van der Waals surface area contributed by atoms with E-state index in [1.807, 2.05) is 36.4 Å². The number of rotatable bonds is 55. The molecule has 5 unspecified atom stereocenters. The summed E-state index contributed by atoms with van der Waals surface area (Å²) in [5.41, 5.74) is 4.17. The number of methoxy groups -OCH3 is 5. The SMILES string of the molecule is CCCCCCCCCOc1cnc(-c2ccc(OC(=O)C(C)OC)cc2)nc1.CCCCCCCCOc1cnc(-c2ccc(OC(=O)C(C)OC)cc2)nc1.CCCCCCCOc1cnc(-c2ccc(OC(=O)C(C)OC)cc2)nc1.CCCCCCOc1cnc(-c2ccc(OC(=O)C(C)OC)cc2)nc1.CCCCCOc1cnc(-c2ccc(OC(=O)C(C)OC)cc2)nc1. The monoisotopic (exact) mass is 1860 g/mol. The van der Waals surface area contributed by atoms with Crippen LogP contribution in [0.1, 0.15) is 230 Å². The van der Waals surface area contributed by atoms with Gasteiger partial charge >= 0.3 is 29.8 Å². The van der Waals surface area contributed by atoms with Crippen LogP contribution in [-0.2, 0) is 47.7 Å². The van der Waals surface area contributed by atoms with Gasteiger partial charge in [0.25, 0.3) is 0 Å². The maximum absolute atomic E-state index is 11.7. The van der Waals surface area contributed by atoms with Gasteiger partial charge in [0, 0.05) is 63.4 Å². The first-order valence-electron chi connectivity index (χ1n) is 47.2. The zero-order valence-electron chi connectivity index (χ0n) is 81.6. The molecule has 0 amide bonds. The number of carbonyl (C=O) groups is 5. The molecular formula is C105H140N10O20. The molecule has 5 aromatic heterocycles. The minimum Gasteiger partial charge on any atom is -0.490 e. The Morgan fingerprint density at radius 1 is 0.200 bits per heavy atom. The standard InChI is InChI=1S/C23H32N2O4.C22H30N2O4.C21H28N2O4.C20H26N2O4.C19H24N2O4/c1-4-5-6-7-8-9-10-15-28-21-16-24-22(25-17-21)19-11-13-20(14-12-19)29-23(26)18(2)27-3;1-4-5-6-7-8-9-14-27-20-15-23-21(24-16-20)18-10-12-19(13-11-18)28-22(25)17(2)26-3;1-4-5-6-7-8-13-26-19-14-22-20(23-15-19)17-9-11-18(12-10-17)27-21(24)16(2)25-3;1-4-5-6-7-12-25-18-13-21-19(22-14-18)16-8-10-17(11-9-16)26-20(23)15(2)24-3;1-4-5-6-11-24-17-12-20-18(21-13-17)15-7-9-16(10-8-15)25-19(22)14(2)23-3/h11-14,16-18H,4-10,15H2,1-3H3;10-13,15-17H,4-9,14H2,1-3H3;9-12,14-16H,4-8,13H2,1-3H3;8-11,13-15H,4-7,12H2,1-3H3;7-10,12-14H,4-6,11H2,1-3H3. The quantitative estimate of drug-likeness (QED) is 0.0194. The van der Waals surface area contributed by atoms with E-state index < -0.39 is 60.4 Å². The van der Waals surface area contributed by atoms with Crippen molar-refractivity contribution in [3.05, 3.63) is 183 Å². The van der Waals surface area contributed by atoms with Crippen molar-refractivity contribution < 1.29 is 95.0 Å². The third kappa shape index (κ3) is 44.6. The van der Waals surface area contributed by atoms with E-state index in [0.29, 0.717) is 120 Å². The molecule has 0 bridgehead atoms. The summed E-state index contributed by atoms with van der Waals surface area (Å²) in [6, 6.07) is 35.2. The maximum Gasteiger partial charge on any atom is 0.340 e. The Bertz CT molecular complexity index is 4860. The van der Waals surface area contributed by atoms with Gasteiger partial charge in [0.1, 0.15) is 28.7 Å². The highest BCUT2D eigenvalue weighted by molar-refractivity contribution is 5.79. The Balaban J connectivity index is 0.000000259. The van der Waals surface area contributed by atoms with Gasteiger partial charge in [0.05, 0.1) is 95.0 Å². The van der Waals surface area contributed by atoms with Gasteiger partial charge < -0.3 is 71.1 Å². The van der Waals surface area contributed by atoms with Gasteiger partial charge in [-0.2, -0.15) is 0 Å². The van der Waals surface area contributed by atoms with Crippen LogP contribution in [0.15, 0.2) is 183 Å². The Morgan fingerprint density at radius 3 is 0.489 bits per heavy atom. The number of esters is 5. The molecular weight excluding hydrogens is 1720 g/mol. The summed E-state index contributed by atoms with van der Waals surface area (Å²) in [5, 5.41) is 0. The van der Waals surface area contributed by atoms with Crippen molar-refractivity contribution in [3.8, 4) is 114 Å². The highest BCUT2D eigenvalue weighted by Gasteiger charge is 2.21. The number of unbranched alkanes of at least 4 members (excludes halogenated alkanes) is 20. The van der Waals surface area contributed by atoms with Crippen molar-refractivity contribution in [1.82, 2.24) is 49.8 Å². The van der Waals surface area contributed by atoms with E-state index in [1.54, 1.807) is 182 Å². The number of hydrogen-bond donors (Lipinski definition) is 0. The number of hydrogen-bond acceptors (Lipinski definition) is 30. The molecule has 0 fully saturated rings. The lowest BCUT2D eigenvalue weighted by Gasteiger charge is -2.09. The first kappa shape index (κ1) is 111. The van der Waals surface area contributed by atoms with Crippen molar-refractivity contribution in [2.75, 3.05) is 68.6 Å². The molecule has 5 atom stereocenters. The summed E-state index contributed by atoms with van der Waals surface area (Å²) >= 11 is 0. The molecule has 0 N–H and O–H groups in total. The molecule has 0 saturated carbocycles. The highest BCUT2D eigenvalue weighted by Crippen LogP contribution is 2.28. The number of ether oxygens (including phenoxy) is 15. The number of carbonyl (C=O) groups excluding carboxylic acids is 5. The molecule has 0 aliphatic heterocycles. The third-order valence-corrected chi connectivity index (χ3v) is 20.8. The van der Waals surface area contributed by atoms with Gasteiger partial charge in [-0.15, -0.1) is 0 Å². The van der Waals surface area contributed by atoms with E-state index >= 15 is 0 Å². The fraction of sp³-hybridized carbons (Fsp3) is 0.476. The Hall–Kier alpha value is -12.4. The molecule has 0 aliphatic rings. The van der Waals surface area contributed by atoms with Gasteiger partial charge in [-0.25, -0.2) is 73.8 Å². The zero-order chi connectivity index (χ0) is 97.4. The zero-order valence-corrected chi connectivity index (χ0v) is 81.6. The lowest BCUT2D eigenvalue weighted by Crippen LogP contribution is -2.24. The molecule has 135 heavy (non-hydrogen) atoms. The second kappa shape index (κ2) is 66.9. The van der Waals surface area contributed by atoms with Crippen LogP contribution in [0, 0.1) is 0 Å². The van der Waals surface area contributed by atoms with Crippen molar-refractivity contribution in [2.24, 2.45) is 0 Å². The van der Waals surface area contributed by atoms with Crippen LogP contribution in [0.3, 0.4) is 0 Å². The van der Waals surface area contributed by atoms with Gasteiger partial charge in [-0.05, 0) is 188 Å². The summed E-state index contributed by atoms with van der Waals surface area (Å²) in [6.07, 6.45) is 44.0. The summed E-state index contributed by atoms with van der Waals surface area (Å²) in [7, 11) is 7.32. The minimum absolute atomic E-state index is 0.432. The second-order valence-electron chi connectivity index (χ2n) is 31.6. The fourth-order valence-corrected chi connectivity index (χ4v) is 12.0. The van der Waals surface area contributed by atoms with Gasteiger partial charge in [-0.1, -0.05) is 163 Å². The van der Waals surface area contributed by atoms with Crippen LogP contribution in [-0.4, -0.2) is 179 Å². The molecule has 5 aromatic carbocycles. The van der Waals surface area contributed by atoms with Crippen molar-refractivity contribution in [2.45, 2.75) is 260 Å². The van der Waals surface area contributed by atoms with E-state index in [4.69, 9.17) is 71.1 Å². The van der Waals surface area contributed by atoms with E-state index in [1.165, 1.54) is 151 Å². The smallest absolute Gasteiger partial charge is 0.340 e. The second-order valence-corrected chi connectivity index (χ2v) is 31.6. The molecule has 30 nitrogen and oxygen atoms in total. The van der Waals surface area contributed by atoms with Crippen LogP contribution < -0.4 is 47.4 Å². The number of nitrogens with zero attached hydrogens (tertiary/aromatic N) is 10. The molecule has 5 heterocycles. The Labute approximate surface area is 797 Å². The lowest BCUT2D eigenvalue weighted by molar-refractivity contribution is -0.145. The lowest BCUT2D eigenvalue weighted by atomic mass is 10.1. The van der Waals surface area contributed by atoms with E-state index in [9.17, 15) is 24.0 Å². The largest absolute Gasteiger partial charge is 0.490 e. The third-order valence-electron chi connectivity index (χ3n) is 20.8. The Kier molecular flexibility index (Phi) is 55.2. The average Bonchev–Trinajstić information content (AvgIpc) is 0.866. The summed E-state index contributed by atoms with van der Waals surface area (Å²) in [5.74, 6) is 6.43. The minimum atomic E-state index is -0.605.